The number of halogens is 2. The summed E-state index contributed by atoms with van der Waals surface area (Å²) in [7, 11) is 0. The number of benzene rings is 1. The quantitative estimate of drug-likeness (QED) is 0.776. The van der Waals surface area contributed by atoms with E-state index in [1.807, 2.05) is 6.92 Å². The molecule has 5 heteroatoms. The Morgan fingerprint density at radius 2 is 2.12 bits per heavy atom. The Labute approximate surface area is 91.2 Å². The van der Waals surface area contributed by atoms with Gasteiger partial charge in [-0.25, -0.2) is 14.2 Å². The molecular weight excluding hydrogens is 214 g/mol. The number of nitrogens with one attached hydrogen (secondary N) is 1. The summed E-state index contributed by atoms with van der Waals surface area (Å²) in [4.78, 5) is 11.0. The molecule has 1 N–H and O–H groups in total. The van der Waals surface area contributed by atoms with Gasteiger partial charge in [0.2, 0.25) is 5.91 Å². The second kappa shape index (κ2) is 4.00. The molecule has 1 aromatic carbocycles. The van der Waals surface area contributed by atoms with Crippen molar-refractivity contribution in [2.24, 2.45) is 11.0 Å². The van der Waals surface area contributed by atoms with Gasteiger partial charge in [0.15, 0.2) is 11.6 Å². The van der Waals surface area contributed by atoms with Crippen LogP contribution in [-0.4, -0.2) is 11.6 Å². The van der Waals surface area contributed by atoms with E-state index in [-0.39, 0.29) is 11.8 Å². The van der Waals surface area contributed by atoms with Crippen molar-refractivity contribution in [2.75, 3.05) is 0 Å². The minimum Gasteiger partial charge on any atom is -0.273 e. The molecule has 1 atom stereocenters. The van der Waals surface area contributed by atoms with E-state index in [1.165, 1.54) is 6.07 Å². The van der Waals surface area contributed by atoms with Crippen LogP contribution in [0, 0.1) is 17.6 Å². The van der Waals surface area contributed by atoms with Crippen molar-refractivity contribution in [2.45, 2.75) is 13.3 Å². The first kappa shape index (κ1) is 10.7. The lowest BCUT2D eigenvalue weighted by atomic mass is 9.94. The van der Waals surface area contributed by atoms with Gasteiger partial charge in [-0.3, -0.25) is 4.79 Å². The van der Waals surface area contributed by atoms with Crippen LogP contribution in [-0.2, 0) is 4.79 Å². The molecule has 1 unspecified atom stereocenters. The van der Waals surface area contributed by atoms with Crippen LogP contribution < -0.4 is 5.43 Å². The van der Waals surface area contributed by atoms with Gasteiger partial charge in [-0.1, -0.05) is 6.92 Å². The Morgan fingerprint density at radius 1 is 1.38 bits per heavy atom. The summed E-state index contributed by atoms with van der Waals surface area (Å²) in [5.41, 5.74) is 3.39. The van der Waals surface area contributed by atoms with Crippen molar-refractivity contribution in [3.8, 4) is 0 Å². The van der Waals surface area contributed by atoms with Crippen LogP contribution in [0.15, 0.2) is 23.3 Å². The third-order valence-electron chi connectivity index (χ3n) is 2.47. The summed E-state index contributed by atoms with van der Waals surface area (Å²) in [5, 5.41) is 3.86. The number of hydrogen-bond donors (Lipinski definition) is 1. The lowest BCUT2D eigenvalue weighted by Gasteiger charge is -2.19. The van der Waals surface area contributed by atoms with E-state index in [0.717, 1.165) is 12.1 Å². The summed E-state index contributed by atoms with van der Waals surface area (Å²) >= 11 is 0. The van der Waals surface area contributed by atoms with Gasteiger partial charge in [0.1, 0.15) is 0 Å². The first-order valence-electron chi connectivity index (χ1n) is 4.90. The van der Waals surface area contributed by atoms with E-state index in [0.29, 0.717) is 17.7 Å². The number of nitrogens with zero attached hydrogens (tertiary/aromatic N) is 1. The highest BCUT2D eigenvalue weighted by molar-refractivity contribution is 6.05. The van der Waals surface area contributed by atoms with Gasteiger partial charge in [0.25, 0.3) is 0 Å². The number of hydrazone groups is 1. The summed E-state index contributed by atoms with van der Waals surface area (Å²) in [5.74, 6) is -2.07. The molecule has 0 aromatic heterocycles. The third kappa shape index (κ3) is 1.93. The first-order chi connectivity index (χ1) is 7.58. The van der Waals surface area contributed by atoms with E-state index < -0.39 is 11.6 Å². The lowest BCUT2D eigenvalue weighted by Crippen LogP contribution is -2.32. The van der Waals surface area contributed by atoms with Crippen LogP contribution in [0.4, 0.5) is 8.78 Å². The highest BCUT2D eigenvalue weighted by atomic mass is 19.2. The second-order valence-corrected chi connectivity index (χ2v) is 3.77. The van der Waals surface area contributed by atoms with Crippen LogP contribution in [0.5, 0.6) is 0 Å². The van der Waals surface area contributed by atoms with E-state index in [4.69, 9.17) is 0 Å². The molecule has 0 saturated carbocycles. The maximum absolute atomic E-state index is 13.0. The van der Waals surface area contributed by atoms with Gasteiger partial charge in [-0.05, 0) is 18.2 Å². The molecule has 2 rings (SSSR count). The molecule has 0 fully saturated rings. The fraction of sp³-hybridized carbons (Fsp3) is 0.273. The third-order valence-corrected chi connectivity index (χ3v) is 2.47. The van der Waals surface area contributed by atoms with Gasteiger partial charge in [-0.2, -0.15) is 5.10 Å². The molecule has 0 bridgehead atoms. The molecule has 0 saturated heterocycles. The monoisotopic (exact) mass is 224 g/mol. The molecular formula is C11H10F2N2O. The highest BCUT2D eigenvalue weighted by Crippen LogP contribution is 2.18. The molecule has 1 aliphatic rings. The molecule has 0 spiro atoms. The predicted molar refractivity (Wildman–Crippen MR) is 54.8 cm³/mol. The van der Waals surface area contributed by atoms with Gasteiger partial charge in [-0.15, -0.1) is 0 Å². The zero-order valence-corrected chi connectivity index (χ0v) is 8.63. The SMILES string of the molecule is CC1CC(=O)NN=C1c1ccc(F)c(F)c1. The average Bonchev–Trinajstić information content (AvgIpc) is 2.22. The van der Waals surface area contributed by atoms with Gasteiger partial charge >= 0.3 is 0 Å². The summed E-state index contributed by atoms with van der Waals surface area (Å²) in [6.07, 6.45) is 0.303. The van der Waals surface area contributed by atoms with Gasteiger partial charge < -0.3 is 0 Å². The molecule has 16 heavy (non-hydrogen) atoms. The van der Waals surface area contributed by atoms with Gasteiger partial charge in [0, 0.05) is 17.9 Å². The van der Waals surface area contributed by atoms with Crippen LogP contribution in [0.3, 0.4) is 0 Å². The van der Waals surface area contributed by atoms with E-state index in [9.17, 15) is 13.6 Å². The van der Waals surface area contributed by atoms with Crippen LogP contribution in [0.25, 0.3) is 0 Å². The number of hydrogen-bond acceptors (Lipinski definition) is 2. The molecule has 0 radical (unpaired) electrons. The Bertz CT molecular complexity index is 471. The highest BCUT2D eigenvalue weighted by Gasteiger charge is 2.22. The Hall–Kier alpha value is -1.78. The normalized spacial score (nSPS) is 20.3. The molecule has 1 heterocycles. The maximum Gasteiger partial charge on any atom is 0.240 e. The summed E-state index contributed by atoms with van der Waals surface area (Å²) in [6, 6.07) is 3.59. The van der Waals surface area contributed by atoms with E-state index in [1.54, 1.807) is 0 Å². The standard InChI is InChI=1S/C11H10F2N2O/c1-6-4-10(16)14-15-11(6)7-2-3-8(12)9(13)5-7/h2-3,5-6H,4H2,1H3,(H,14,16). The maximum atomic E-state index is 13.0. The molecule has 1 aromatic rings. The van der Waals surface area contributed by atoms with Crippen LogP contribution in [0.2, 0.25) is 0 Å². The minimum absolute atomic E-state index is 0.0985. The summed E-state index contributed by atoms with van der Waals surface area (Å²) < 4.78 is 25.8. The minimum atomic E-state index is -0.913. The average molecular weight is 224 g/mol. The number of amides is 1. The molecule has 1 aliphatic heterocycles. The Morgan fingerprint density at radius 3 is 2.75 bits per heavy atom. The van der Waals surface area contributed by atoms with E-state index in [2.05, 4.69) is 10.5 Å². The van der Waals surface area contributed by atoms with Crippen molar-refractivity contribution in [3.05, 3.63) is 35.4 Å². The smallest absolute Gasteiger partial charge is 0.240 e. The van der Waals surface area contributed by atoms with Crippen LogP contribution in [0.1, 0.15) is 18.9 Å². The zero-order valence-electron chi connectivity index (χ0n) is 8.63. The molecule has 84 valence electrons. The molecule has 3 nitrogen and oxygen atoms in total. The number of rotatable bonds is 1. The lowest BCUT2D eigenvalue weighted by molar-refractivity contribution is -0.121. The van der Waals surface area contributed by atoms with Gasteiger partial charge in [0.05, 0.1) is 5.71 Å². The topological polar surface area (TPSA) is 41.5 Å². The fourth-order valence-corrected chi connectivity index (χ4v) is 1.66. The molecule has 1 amide bonds. The van der Waals surface area contributed by atoms with Crippen molar-refractivity contribution in [3.63, 3.8) is 0 Å². The van der Waals surface area contributed by atoms with Crippen molar-refractivity contribution < 1.29 is 13.6 Å². The summed E-state index contributed by atoms with van der Waals surface area (Å²) in [6.45, 7) is 1.82. The van der Waals surface area contributed by atoms with E-state index >= 15 is 0 Å². The van der Waals surface area contributed by atoms with Crippen molar-refractivity contribution in [1.82, 2.24) is 5.43 Å². The second-order valence-electron chi connectivity index (χ2n) is 3.77. The number of carbonyl (C=O) groups excluding carboxylic acids is 1. The number of carbonyl (C=O) groups is 1. The zero-order chi connectivity index (χ0) is 11.7. The van der Waals surface area contributed by atoms with Crippen LogP contribution >= 0.6 is 0 Å². The fourth-order valence-electron chi connectivity index (χ4n) is 1.66. The van der Waals surface area contributed by atoms with Crippen molar-refractivity contribution >= 4 is 11.6 Å². The molecule has 0 aliphatic carbocycles. The first-order valence-corrected chi connectivity index (χ1v) is 4.90. The van der Waals surface area contributed by atoms with Crippen molar-refractivity contribution in [1.29, 1.82) is 0 Å². The Kier molecular flexibility index (Phi) is 2.68. The predicted octanol–water partition coefficient (Wildman–Crippen LogP) is 1.82. The Balaban J connectivity index is 2.37. The largest absolute Gasteiger partial charge is 0.273 e.